The number of likely N-dealkylation sites (tertiary alicyclic amines) is 1. The molecule has 14 heteroatoms. The first-order valence-electron chi connectivity index (χ1n) is 15.7. The number of piperazine rings is 1. The van der Waals surface area contributed by atoms with Gasteiger partial charge in [0.2, 0.25) is 5.95 Å². The standard InChI is InChI=1S/C32H40FN9O4/c1-44-29-15-23(3-4-26(29)41-11-9-40(10-12-41)24-18-45-19-24)38-32-37-20-36-31(39-32)21-2-5-27(22(14-21)16-34)46-28-6-8-42(17-25(28)33)30(35)7-13-43/h2-4,14-15,20,24-25,27-28,35,43H,5-13,17-19H2,1H3,(H,36,37,38,39)/t25-,27?,28+/m1/s1. The van der Waals surface area contributed by atoms with Crippen LogP contribution in [0, 0.1) is 16.7 Å². The van der Waals surface area contributed by atoms with E-state index in [0.29, 0.717) is 48.3 Å². The van der Waals surface area contributed by atoms with E-state index in [2.05, 4.69) is 36.1 Å². The molecule has 0 bridgehead atoms. The molecular formula is C32H40FN9O4. The minimum atomic E-state index is -1.30. The van der Waals surface area contributed by atoms with Crippen LogP contribution in [-0.4, -0.2) is 126 Å². The lowest BCUT2D eigenvalue weighted by Crippen LogP contribution is -2.56. The molecule has 46 heavy (non-hydrogen) atoms. The number of hydrogen-bond donors (Lipinski definition) is 3. The van der Waals surface area contributed by atoms with Crippen LogP contribution in [0.3, 0.4) is 0 Å². The zero-order valence-electron chi connectivity index (χ0n) is 25.9. The van der Waals surface area contributed by atoms with Crippen LogP contribution in [0.2, 0.25) is 0 Å². The number of rotatable bonds is 10. The van der Waals surface area contributed by atoms with E-state index in [1.807, 2.05) is 24.3 Å². The van der Waals surface area contributed by atoms with Crippen molar-refractivity contribution in [2.24, 2.45) is 0 Å². The molecule has 244 valence electrons. The second-order valence-corrected chi connectivity index (χ2v) is 11.8. The highest BCUT2D eigenvalue weighted by Crippen LogP contribution is 2.34. The van der Waals surface area contributed by atoms with Gasteiger partial charge in [-0.1, -0.05) is 6.08 Å². The largest absolute Gasteiger partial charge is 0.495 e. The zero-order chi connectivity index (χ0) is 32.0. The number of alkyl halides is 1. The molecular weight excluding hydrogens is 593 g/mol. The number of aromatic nitrogens is 3. The number of allylic oxidation sites excluding steroid dienone is 2. The summed E-state index contributed by atoms with van der Waals surface area (Å²) >= 11 is 0. The molecule has 3 atom stereocenters. The van der Waals surface area contributed by atoms with Gasteiger partial charge in [0.25, 0.3) is 0 Å². The number of methoxy groups -OCH3 is 1. The number of benzene rings is 1. The van der Waals surface area contributed by atoms with Crippen molar-refractivity contribution in [3.05, 3.63) is 48.1 Å². The van der Waals surface area contributed by atoms with Crippen molar-refractivity contribution in [2.45, 2.75) is 43.7 Å². The second kappa shape index (κ2) is 14.5. The summed E-state index contributed by atoms with van der Waals surface area (Å²) in [5.74, 6) is 1.73. The summed E-state index contributed by atoms with van der Waals surface area (Å²) in [4.78, 5) is 19.7. The molecule has 2 aromatic rings. The Morgan fingerprint density at radius 1 is 1.22 bits per heavy atom. The summed E-state index contributed by atoms with van der Waals surface area (Å²) in [5.41, 5.74) is 2.84. The number of halogens is 1. The molecule has 0 spiro atoms. The topological polar surface area (TPSA) is 156 Å². The van der Waals surface area contributed by atoms with Crippen LogP contribution in [0.1, 0.15) is 25.1 Å². The van der Waals surface area contributed by atoms with Crippen LogP contribution in [0.4, 0.5) is 21.7 Å². The molecule has 3 fully saturated rings. The number of amidine groups is 1. The van der Waals surface area contributed by atoms with Gasteiger partial charge in [-0.05, 0) is 31.1 Å². The van der Waals surface area contributed by atoms with Crippen molar-refractivity contribution in [3.63, 3.8) is 0 Å². The zero-order valence-corrected chi connectivity index (χ0v) is 25.9. The lowest BCUT2D eigenvalue weighted by Gasteiger charge is -2.43. The maximum absolute atomic E-state index is 15.0. The molecule has 1 aliphatic carbocycles. The number of anilines is 3. The maximum atomic E-state index is 15.0. The van der Waals surface area contributed by atoms with Gasteiger partial charge in [0.15, 0.2) is 5.82 Å². The van der Waals surface area contributed by atoms with Crippen molar-refractivity contribution < 1.29 is 23.7 Å². The molecule has 0 radical (unpaired) electrons. The molecule has 3 saturated heterocycles. The number of nitrogens with zero attached hydrogens (tertiary/aromatic N) is 7. The van der Waals surface area contributed by atoms with E-state index in [0.717, 1.165) is 56.5 Å². The van der Waals surface area contributed by atoms with E-state index in [-0.39, 0.29) is 25.4 Å². The van der Waals surface area contributed by atoms with Gasteiger partial charge in [-0.3, -0.25) is 10.3 Å². The van der Waals surface area contributed by atoms with Gasteiger partial charge in [0.05, 0.1) is 74.9 Å². The fourth-order valence-electron chi connectivity index (χ4n) is 6.23. The highest BCUT2D eigenvalue weighted by Gasteiger charge is 2.34. The summed E-state index contributed by atoms with van der Waals surface area (Å²) in [6, 6.07) is 8.69. The first kappa shape index (κ1) is 31.8. The number of aliphatic hydroxyl groups excluding tert-OH is 1. The van der Waals surface area contributed by atoms with E-state index in [1.165, 1.54) is 6.33 Å². The summed E-state index contributed by atoms with van der Waals surface area (Å²) in [5, 5.41) is 30.2. The Morgan fingerprint density at radius 2 is 2.04 bits per heavy atom. The van der Waals surface area contributed by atoms with Gasteiger partial charge in [-0.25, -0.2) is 14.4 Å². The van der Waals surface area contributed by atoms with Gasteiger partial charge in [-0.15, -0.1) is 0 Å². The Hall–Kier alpha value is -4.16. The lowest BCUT2D eigenvalue weighted by molar-refractivity contribution is -0.0660. The Kier molecular flexibility index (Phi) is 10.0. The van der Waals surface area contributed by atoms with Crippen LogP contribution in [0.15, 0.2) is 42.3 Å². The third-order valence-electron chi connectivity index (χ3n) is 8.95. The fraction of sp³-hybridized carbons (Fsp3) is 0.531. The predicted molar refractivity (Wildman–Crippen MR) is 170 cm³/mol. The van der Waals surface area contributed by atoms with E-state index in [9.17, 15) is 9.65 Å². The first-order chi connectivity index (χ1) is 22.4. The molecule has 4 heterocycles. The molecule has 4 aliphatic rings. The Balaban J connectivity index is 1.07. The van der Waals surface area contributed by atoms with E-state index < -0.39 is 18.4 Å². The molecule has 3 N–H and O–H groups in total. The monoisotopic (exact) mass is 633 g/mol. The minimum absolute atomic E-state index is 0.0334. The maximum Gasteiger partial charge on any atom is 0.230 e. The summed E-state index contributed by atoms with van der Waals surface area (Å²) in [7, 11) is 1.67. The highest BCUT2D eigenvalue weighted by molar-refractivity contribution is 5.79. The van der Waals surface area contributed by atoms with Crippen molar-refractivity contribution in [3.8, 4) is 11.8 Å². The summed E-state index contributed by atoms with van der Waals surface area (Å²) < 4.78 is 32.2. The van der Waals surface area contributed by atoms with E-state index in [4.69, 9.17) is 24.7 Å². The quantitative estimate of drug-likeness (QED) is 0.260. The Labute approximate surface area is 267 Å². The summed E-state index contributed by atoms with van der Waals surface area (Å²) in [6.45, 7) is 5.82. The number of nitrogens with one attached hydrogen (secondary N) is 2. The molecule has 1 aromatic heterocycles. The number of ether oxygens (including phenoxy) is 3. The van der Waals surface area contributed by atoms with Crippen LogP contribution in [0.25, 0.3) is 5.57 Å². The number of nitriles is 1. The molecule has 1 unspecified atom stereocenters. The van der Waals surface area contributed by atoms with Gasteiger partial charge in [-0.2, -0.15) is 10.2 Å². The van der Waals surface area contributed by atoms with Crippen molar-refractivity contribution in [1.29, 1.82) is 10.7 Å². The lowest BCUT2D eigenvalue weighted by atomic mass is 9.96. The average Bonchev–Trinajstić information content (AvgIpc) is 3.05. The smallest absolute Gasteiger partial charge is 0.230 e. The average molecular weight is 634 g/mol. The van der Waals surface area contributed by atoms with E-state index >= 15 is 0 Å². The summed E-state index contributed by atoms with van der Waals surface area (Å²) in [6.07, 6.45) is 3.38. The molecule has 6 rings (SSSR count). The van der Waals surface area contributed by atoms with Gasteiger partial charge in [0.1, 0.15) is 18.2 Å². The Morgan fingerprint density at radius 3 is 2.74 bits per heavy atom. The molecule has 3 aliphatic heterocycles. The number of aliphatic hydroxyl groups is 1. The second-order valence-electron chi connectivity index (χ2n) is 11.8. The third kappa shape index (κ3) is 7.13. The van der Waals surface area contributed by atoms with E-state index in [1.54, 1.807) is 18.1 Å². The molecule has 0 amide bonds. The molecule has 1 aromatic carbocycles. The highest BCUT2D eigenvalue weighted by atomic mass is 19.1. The van der Waals surface area contributed by atoms with Gasteiger partial charge in [0, 0.05) is 56.5 Å². The minimum Gasteiger partial charge on any atom is -0.495 e. The molecule has 0 saturated carbocycles. The number of piperidine rings is 1. The van der Waals surface area contributed by atoms with Crippen molar-refractivity contribution in [2.75, 3.05) is 76.4 Å². The van der Waals surface area contributed by atoms with Crippen LogP contribution < -0.4 is 15.0 Å². The van der Waals surface area contributed by atoms with Crippen LogP contribution in [-0.2, 0) is 9.47 Å². The third-order valence-corrected chi connectivity index (χ3v) is 8.95. The first-order valence-corrected chi connectivity index (χ1v) is 15.7. The van der Waals surface area contributed by atoms with Gasteiger partial charge >= 0.3 is 0 Å². The van der Waals surface area contributed by atoms with Crippen LogP contribution >= 0.6 is 0 Å². The normalized spacial score (nSPS) is 24.0. The SMILES string of the molecule is COc1cc(Nc2ncnc(C3=CCC(O[C@H]4CCN(C(=N)CCO)C[C@H]4F)C(C#N)=C3)n2)ccc1N1CCN(C2COC2)CC1. The fourth-order valence-corrected chi connectivity index (χ4v) is 6.23. The van der Waals surface area contributed by atoms with Crippen LogP contribution in [0.5, 0.6) is 5.75 Å². The Bertz CT molecular complexity index is 1500. The number of hydrogen-bond acceptors (Lipinski definition) is 12. The van der Waals surface area contributed by atoms with Crippen molar-refractivity contribution >= 4 is 28.7 Å². The molecule has 13 nitrogen and oxygen atoms in total. The van der Waals surface area contributed by atoms with Crippen molar-refractivity contribution in [1.82, 2.24) is 24.8 Å². The van der Waals surface area contributed by atoms with Gasteiger partial charge < -0.3 is 34.4 Å². The predicted octanol–water partition coefficient (Wildman–Crippen LogP) is 2.54.